The molecule has 2 aliphatic rings. The molecule has 2 rings (SSSR count). The molecule has 4 atom stereocenters. The van der Waals surface area contributed by atoms with E-state index in [1.807, 2.05) is 0 Å². The van der Waals surface area contributed by atoms with Crippen LogP contribution in [-0.4, -0.2) is 36.9 Å². The summed E-state index contributed by atoms with van der Waals surface area (Å²) in [5, 5.41) is 12.7. The van der Waals surface area contributed by atoms with Gasteiger partial charge >= 0.3 is 5.97 Å². The van der Waals surface area contributed by atoms with E-state index in [2.05, 4.69) is 5.32 Å². The highest BCUT2D eigenvalue weighted by atomic mass is 16.5. The van der Waals surface area contributed by atoms with Crippen molar-refractivity contribution in [3.05, 3.63) is 0 Å². The van der Waals surface area contributed by atoms with Crippen LogP contribution in [0.3, 0.4) is 0 Å². The van der Waals surface area contributed by atoms with Crippen molar-refractivity contribution in [2.45, 2.75) is 57.1 Å². The maximum absolute atomic E-state index is 11.1. The molecule has 104 valence electrons. The van der Waals surface area contributed by atoms with Gasteiger partial charge in [0, 0.05) is 13.2 Å². The molecular formula is C14H25NO3. The molecule has 0 aromatic carbocycles. The van der Waals surface area contributed by atoms with Crippen LogP contribution in [0.25, 0.3) is 0 Å². The fraction of sp³-hybridized carbons (Fsp3) is 0.929. The number of rotatable bonds is 5. The number of nitrogens with one attached hydrogen (secondary N) is 1. The Balaban J connectivity index is 1.81. The van der Waals surface area contributed by atoms with Gasteiger partial charge in [-0.25, -0.2) is 0 Å². The first-order valence-electron chi connectivity index (χ1n) is 7.21. The molecule has 0 heterocycles. The SMILES string of the molecule is COC1CCCCC1NCC1CCCC1C(=O)O. The summed E-state index contributed by atoms with van der Waals surface area (Å²) in [5.74, 6) is -0.449. The fourth-order valence-corrected chi connectivity index (χ4v) is 3.52. The molecule has 4 nitrogen and oxygen atoms in total. The molecule has 0 bridgehead atoms. The topological polar surface area (TPSA) is 58.6 Å². The lowest BCUT2D eigenvalue weighted by atomic mass is 9.90. The molecule has 0 radical (unpaired) electrons. The Hall–Kier alpha value is -0.610. The van der Waals surface area contributed by atoms with E-state index in [0.717, 1.165) is 38.6 Å². The second kappa shape index (κ2) is 6.53. The third-order valence-electron chi connectivity index (χ3n) is 4.62. The lowest BCUT2D eigenvalue weighted by Gasteiger charge is -2.32. The van der Waals surface area contributed by atoms with E-state index in [4.69, 9.17) is 9.84 Å². The molecule has 0 aromatic rings. The molecule has 2 aliphatic carbocycles. The van der Waals surface area contributed by atoms with E-state index in [-0.39, 0.29) is 5.92 Å². The van der Waals surface area contributed by atoms with Crippen molar-refractivity contribution in [2.24, 2.45) is 11.8 Å². The van der Waals surface area contributed by atoms with E-state index < -0.39 is 5.97 Å². The highest BCUT2D eigenvalue weighted by Gasteiger charge is 2.34. The van der Waals surface area contributed by atoms with Crippen molar-refractivity contribution in [2.75, 3.05) is 13.7 Å². The van der Waals surface area contributed by atoms with Crippen molar-refractivity contribution in [3.8, 4) is 0 Å². The smallest absolute Gasteiger partial charge is 0.306 e. The van der Waals surface area contributed by atoms with Crippen LogP contribution in [-0.2, 0) is 9.53 Å². The average molecular weight is 255 g/mol. The Bertz CT molecular complexity index is 282. The van der Waals surface area contributed by atoms with Crippen LogP contribution in [0.2, 0.25) is 0 Å². The number of carboxylic acid groups (broad SMARTS) is 1. The van der Waals surface area contributed by atoms with Gasteiger partial charge in [0.25, 0.3) is 0 Å². The third kappa shape index (κ3) is 3.23. The lowest BCUT2D eigenvalue weighted by molar-refractivity contribution is -0.142. The van der Waals surface area contributed by atoms with Crippen LogP contribution in [0.4, 0.5) is 0 Å². The van der Waals surface area contributed by atoms with Crippen LogP contribution in [0, 0.1) is 11.8 Å². The van der Waals surface area contributed by atoms with E-state index in [1.54, 1.807) is 7.11 Å². The summed E-state index contributed by atoms with van der Waals surface area (Å²) in [5.41, 5.74) is 0. The summed E-state index contributed by atoms with van der Waals surface area (Å²) >= 11 is 0. The van der Waals surface area contributed by atoms with Gasteiger partial charge in [-0.3, -0.25) is 4.79 Å². The number of aliphatic carboxylic acids is 1. The number of hydrogen-bond donors (Lipinski definition) is 2. The standard InChI is InChI=1S/C14H25NO3/c1-18-13-8-3-2-7-12(13)15-9-10-5-4-6-11(10)14(16)17/h10-13,15H,2-9H2,1H3,(H,16,17). The van der Waals surface area contributed by atoms with Gasteiger partial charge in [-0.15, -0.1) is 0 Å². The van der Waals surface area contributed by atoms with Crippen LogP contribution in [0.1, 0.15) is 44.9 Å². The molecule has 2 N–H and O–H groups in total. The first-order chi connectivity index (χ1) is 8.72. The third-order valence-corrected chi connectivity index (χ3v) is 4.62. The van der Waals surface area contributed by atoms with Crippen LogP contribution >= 0.6 is 0 Å². The minimum Gasteiger partial charge on any atom is -0.481 e. The highest BCUT2D eigenvalue weighted by molar-refractivity contribution is 5.70. The Kier molecular flexibility index (Phi) is 5.01. The molecule has 4 heteroatoms. The van der Waals surface area contributed by atoms with E-state index in [1.165, 1.54) is 12.8 Å². The second-order valence-electron chi connectivity index (χ2n) is 5.71. The quantitative estimate of drug-likeness (QED) is 0.789. The maximum Gasteiger partial charge on any atom is 0.306 e. The molecule has 0 spiro atoms. The van der Waals surface area contributed by atoms with Gasteiger partial charge in [0.1, 0.15) is 0 Å². The van der Waals surface area contributed by atoms with Crippen LogP contribution in [0.5, 0.6) is 0 Å². The van der Waals surface area contributed by atoms with Gasteiger partial charge < -0.3 is 15.2 Å². The Morgan fingerprint density at radius 3 is 2.72 bits per heavy atom. The molecule has 2 fully saturated rings. The highest BCUT2D eigenvalue weighted by Crippen LogP contribution is 2.32. The van der Waals surface area contributed by atoms with E-state index in [0.29, 0.717) is 18.1 Å². The predicted octanol–water partition coefficient (Wildman–Crippen LogP) is 2.03. The van der Waals surface area contributed by atoms with Crippen molar-refractivity contribution in [1.82, 2.24) is 5.32 Å². The van der Waals surface area contributed by atoms with Crippen molar-refractivity contribution in [3.63, 3.8) is 0 Å². The number of hydrogen-bond acceptors (Lipinski definition) is 3. The zero-order valence-electron chi connectivity index (χ0n) is 11.2. The molecule has 0 aliphatic heterocycles. The van der Waals surface area contributed by atoms with Gasteiger partial charge in [0.15, 0.2) is 0 Å². The predicted molar refractivity (Wildman–Crippen MR) is 69.5 cm³/mol. The minimum absolute atomic E-state index is 0.137. The van der Waals surface area contributed by atoms with E-state index >= 15 is 0 Å². The Morgan fingerprint density at radius 2 is 2.00 bits per heavy atom. The molecule has 2 saturated carbocycles. The number of carboxylic acids is 1. The minimum atomic E-state index is -0.619. The molecule has 18 heavy (non-hydrogen) atoms. The van der Waals surface area contributed by atoms with Crippen molar-refractivity contribution < 1.29 is 14.6 Å². The molecule has 0 aromatic heterocycles. The number of ether oxygens (including phenoxy) is 1. The fourth-order valence-electron chi connectivity index (χ4n) is 3.52. The summed E-state index contributed by atoms with van der Waals surface area (Å²) in [6.45, 7) is 0.835. The summed E-state index contributed by atoms with van der Waals surface area (Å²) in [6, 6.07) is 0.416. The number of methoxy groups -OCH3 is 1. The molecule has 0 amide bonds. The normalized spacial score (nSPS) is 36.7. The lowest BCUT2D eigenvalue weighted by Crippen LogP contribution is -2.45. The maximum atomic E-state index is 11.1. The van der Waals surface area contributed by atoms with Gasteiger partial charge in [-0.2, -0.15) is 0 Å². The summed E-state index contributed by atoms with van der Waals surface area (Å²) < 4.78 is 5.51. The first-order valence-corrected chi connectivity index (χ1v) is 7.21. The summed E-state index contributed by atoms with van der Waals surface area (Å²) in [4.78, 5) is 11.1. The van der Waals surface area contributed by atoms with Crippen molar-refractivity contribution >= 4 is 5.97 Å². The van der Waals surface area contributed by atoms with Crippen molar-refractivity contribution in [1.29, 1.82) is 0 Å². The van der Waals surface area contributed by atoms with Gasteiger partial charge in [-0.1, -0.05) is 19.3 Å². The average Bonchev–Trinajstić information content (AvgIpc) is 2.85. The molecule has 4 unspecified atom stereocenters. The van der Waals surface area contributed by atoms with Gasteiger partial charge in [0.05, 0.1) is 12.0 Å². The zero-order chi connectivity index (χ0) is 13.0. The van der Waals surface area contributed by atoms with Gasteiger partial charge in [0.2, 0.25) is 0 Å². The monoisotopic (exact) mass is 255 g/mol. The second-order valence-corrected chi connectivity index (χ2v) is 5.71. The number of carbonyl (C=O) groups is 1. The summed E-state index contributed by atoms with van der Waals surface area (Å²) in [6.07, 6.45) is 8.05. The molecular weight excluding hydrogens is 230 g/mol. The van der Waals surface area contributed by atoms with Crippen LogP contribution < -0.4 is 5.32 Å². The Labute approximate surface area is 109 Å². The largest absolute Gasteiger partial charge is 0.481 e. The zero-order valence-corrected chi connectivity index (χ0v) is 11.2. The molecule has 0 saturated heterocycles. The first kappa shape index (κ1) is 13.8. The van der Waals surface area contributed by atoms with E-state index in [9.17, 15) is 4.79 Å². The Morgan fingerprint density at radius 1 is 1.22 bits per heavy atom. The van der Waals surface area contributed by atoms with Gasteiger partial charge in [-0.05, 0) is 38.1 Å². The summed E-state index contributed by atoms with van der Waals surface area (Å²) in [7, 11) is 1.78. The van der Waals surface area contributed by atoms with Crippen LogP contribution in [0.15, 0.2) is 0 Å².